The summed E-state index contributed by atoms with van der Waals surface area (Å²) in [6.45, 7) is 2.92. The fourth-order valence-corrected chi connectivity index (χ4v) is 4.81. The third kappa shape index (κ3) is 5.19. The second-order valence-electron chi connectivity index (χ2n) is 8.80. The number of halogens is 4. The molecular weight excluding hydrogens is 459 g/mol. The molecule has 1 saturated carbocycles. The number of hydrogen-bond donors (Lipinski definition) is 1. The Morgan fingerprint density at radius 1 is 1.19 bits per heavy atom. The second kappa shape index (κ2) is 9.16. The topological polar surface area (TPSA) is 49.8 Å². The van der Waals surface area contributed by atoms with Crippen molar-refractivity contribution in [2.45, 2.75) is 50.2 Å². The summed E-state index contributed by atoms with van der Waals surface area (Å²) >= 11 is 12.2. The van der Waals surface area contributed by atoms with Crippen LogP contribution in [0.1, 0.15) is 66.1 Å². The van der Waals surface area contributed by atoms with E-state index in [1.54, 1.807) is 6.07 Å². The Labute approximate surface area is 196 Å². The Balaban J connectivity index is 1.40. The molecule has 2 aromatic carbocycles. The fourth-order valence-electron chi connectivity index (χ4n) is 4.26. The summed E-state index contributed by atoms with van der Waals surface area (Å²) in [7, 11) is 0. The molecule has 0 bridgehead atoms. The van der Waals surface area contributed by atoms with Crippen LogP contribution in [0.25, 0.3) is 0 Å². The molecule has 1 N–H and O–H groups in total. The molecule has 172 valence electrons. The van der Waals surface area contributed by atoms with E-state index >= 15 is 4.39 Å². The van der Waals surface area contributed by atoms with Crippen LogP contribution in [0.5, 0.6) is 5.75 Å². The van der Waals surface area contributed by atoms with Gasteiger partial charge < -0.3 is 9.84 Å². The fraction of sp³-hybridized carbons (Fsp3) is 0.458. The summed E-state index contributed by atoms with van der Waals surface area (Å²) in [6, 6.07) is 7.87. The van der Waals surface area contributed by atoms with Crippen molar-refractivity contribution in [3.63, 3.8) is 0 Å². The molecule has 1 heterocycles. The molecule has 0 radical (unpaired) electrons. The summed E-state index contributed by atoms with van der Waals surface area (Å²) in [5.41, 5.74) is -0.285. The summed E-state index contributed by atoms with van der Waals surface area (Å²) in [5.74, 6) is -1.79. The SMILES string of the molecule is C[C@@H](c1cc(Cl)cc(Cl)c1)N1CCC(F)(COc2cc(F)c(C(=O)O)cc2C2CC2)CC1. The molecule has 0 unspecified atom stereocenters. The van der Waals surface area contributed by atoms with Crippen LogP contribution in [0.4, 0.5) is 8.78 Å². The van der Waals surface area contributed by atoms with Crippen molar-refractivity contribution < 1.29 is 23.4 Å². The molecule has 32 heavy (non-hydrogen) atoms. The van der Waals surface area contributed by atoms with Gasteiger partial charge in [-0.3, -0.25) is 4.90 Å². The predicted octanol–water partition coefficient (Wildman–Crippen LogP) is 6.65. The van der Waals surface area contributed by atoms with Crippen LogP contribution in [-0.4, -0.2) is 41.3 Å². The van der Waals surface area contributed by atoms with Crippen molar-refractivity contribution in [1.82, 2.24) is 4.90 Å². The number of carboxylic acid groups (broad SMARTS) is 1. The van der Waals surface area contributed by atoms with Gasteiger partial charge >= 0.3 is 5.97 Å². The third-order valence-electron chi connectivity index (χ3n) is 6.44. The van der Waals surface area contributed by atoms with Gasteiger partial charge in [0.05, 0.1) is 5.56 Å². The summed E-state index contributed by atoms with van der Waals surface area (Å²) in [6.07, 6.45) is 2.34. The van der Waals surface area contributed by atoms with E-state index in [0.717, 1.165) is 24.5 Å². The number of hydrogen-bond acceptors (Lipinski definition) is 3. The van der Waals surface area contributed by atoms with Gasteiger partial charge in [0, 0.05) is 35.2 Å². The smallest absolute Gasteiger partial charge is 0.338 e. The highest BCUT2D eigenvalue weighted by Gasteiger charge is 2.38. The maximum absolute atomic E-state index is 15.5. The number of alkyl halides is 1. The Hall–Kier alpha value is -1.89. The van der Waals surface area contributed by atoms with Gasteiger partial charge in [-0.2, -0.15) is 0 Å². The molecule has 4 nitrogen and oxygen atoms in total. The first-order valence-electron chi connectivity index (χ1n) is 10.7. The maximum atomic E-state index is 15.5. The highest BCUT2D eigenvalue weighted by molar-refractivity contribution is 6.34. The van der Waals surface area contributed by atoms with Gasteiger partial charge in [-0.05, 0) is 73.9 Å². The van der Waals surface area contributed by atoms with Gasteiger partial charge in [0.25, 0.3) is 0 Å². The standard InChI is InChI=1S/C24H25Cl2F2NO3/c1-14(16-8-17(25)10-18(26)9-16)29-6-4-24(28,5-7-29)13-32-22-12-21(27)20(23(30)31)11-19(22)15-2-3-15/h8-12,14-15H,2-7,13H2,1H3,(H,30,31)/t14-/m0/s1. The van der Waals surface area contributed by atoms with Crippen molar-refractivity contribution in [2.24, 2.45) is 0 Å². The zero-order valence-electron chi connectivity index (χ0n) is 17.7. The van der Waals surface area contributed by atoms with Gasteiger partial charge in [0.2, 0.25) is 0 Å². The van der Waals surface area contributed by atoms with Crippen LogP contribution in [0.15, 0.2) is 30.3 Å². The van der Waals surface area contributed by atoms with Gasteiger partial charge in [-0.15, -0.1) is 0 Å². The number of rotatable bonds is 7. The molecule has 1 aliphatic carbocycles. The predicted molar refractivity (Wildman–Crippen MR) is 120 cm³/mol. The first-order valence-corrected chi connectivity index (χ1v) is 11.5. The van der Waals surface area contributed by atoms with E-state index in [9.17, 15) is 14.3 Å². The maximum Gasteiger partial charge on any atom is 0.338 e. The van der Waals surface area contributed by atoms with Gasteiger partial charge in [-0.1, -0.05) is 23.2 Å². The number of carboxylic acids is 1. The van der Waals surface area contributed by atoms with Gasteiger partial charge in [0.15, 0.2) is 0 Å². The molecular formula is C24H25Cl2F2NO3. The summed E-state index contributed by atoms with van der Waals surface area (Å²) < 4.78 is 35.5. The van der Waals surface area contributed by atoms with Crippen LogP contribution in [-0.2, 0) is 0 Å². The molecule has 0 spiro atoms. The monoisotopic (exact) mass is 483 g/mol. The lowest BCUT2D eigenvalue weighted by molar-refractivity contribution is 0.00613. The van der Waals surface area contributed by atoms with E-state index in [1.807, 2.05) is 19.1 Å². The average molecular weight is 484 g/mol. The van der Waals surface area contributed by atoms with Crippen LogP contribution in [0, 0.1) is 5.82 Å². The van der Waals surface area contributed by atoms with Crippen molar-refractivity contribution in [2.75, 3.05) is 19.7 Å². The molecule has 1 atom stereocenters. The number of nitrogens with zero attached hydrogens (tertiary/aromatic N) is 1. The van der Waals surface area contributed by atoms with E-state index in [2.05, 4.69) is 4.90 Å². The van der Waals surface area contributed by atoms with Crippen LogP contribution >= 0.6 is 23.2 Å². The number of carbonyl (C=O) groups is 1. The van der Waals surface area contributed by atoms with Crippen LogP contribution in [0.3, 0.4) is 0 Å². The molecule has 0 amide bonds. The minimum absolute atomic E-state index is 0.0378. The largest absolute Gasteiger partial charge is 0.490 e. The number of likely N-dealkylation sites (tertiary alicyclic amines) is 1. The molecule has 4 rings (SSSR count). The lowest BCUT2D eigenvalue weighted by Crippen LogP contribution is -2.45. The van der Waals surface area contributed by atoms with E-state index in [0.29, 0.717) is 28.7 Å². The van der Waals surface area contributed by atoms with E-state index in [1.165, 1.54) is 6.07 Å². The number of ether oxygens (including phenoxy) is 1. The highest BCUT2D eigenvalue weighted by Crippen LogP contribution is 2.45. The van der Waals surface area contributed by atoms with E-state index < -0.39 is 17.5 Å². The Kier molecular flexibility index (Phi) is 6.66. The summed E-state index contributed by atoms with van der Waals surface area (Å²) in [4.78, 5) is 13.4. The van der Waals surface area contributed by atoms with Crippen molar-refractivity contribution >= 4 is 29.2 Å². The molecule has 2 aliphatic rings. The van der Waals surface area contributed by atoms with Gasteiger partial charge in [0.1, 0.15) is 23.8 Å². The quantitative estimate of drug-likeness (QED) is 0.478. The lowest BCUT2D eigenvalue weighted by atomic mass is 9.92. The Morgan fingerprint density at radius 3 is 2.38 bits per heavy atom. The third-order valence-corrected chi connectivity index (χ3v) is 6.88. The van der Waals surface area contributed by atoms with Crippen molar-refractivity contribution in [3.8, 4) is 5.75 Å². The first kappa shape index (κ1) is 23.3. The Bertz CT molecular complexity index is 1000. The highest BCUT2D eigenvalue weighted by atomic mass is 35.5. The van der Waals surface area contributed by atoms with Crippen molar-refractivity contribution in [1.29, 1.82) is 0 Å². The van der Waals surface area contributed by atoms with E-state index in [4.69, 9.17) is 27.9 Å². The molecule has 1 aliphatic heterocycles. The molecule has 8 heteroatoms. The van der Waals surface area contributed by atoms with Crippen LogP contribution < -0.4 is 4.74 Å². The average Bonchev–Trinajstić information content (AvgIpc) is 3.57. The first-order chi connectivity index (χ1) is 15.1. The van der Waals surface area contributed by atoms with Crippen molar-refractivity contribution in [3.05, 3.63) is 62.9 Å². The Morgan fingerprint density at radius 2 is 1.81 bits per heavy atom. The molecule has 1 saturated heterocycles. The second-order valence-corrected chi connectivity index (χ2v) is 9.68. The minimum Gasteiger partial charge on any atom is -0.490 e. The number of aromatic carboxylic acids is 1. The minimum atomic E-state index is -1.54. The molecule has 0 aromatic heterocycles. The molecule has 2 aromatic rings. The number of benzene rings is 2. The zero-order valence-corrected chi connectivity index (χ0v) is 19.2. The van der Waals surface area contributed by atoms with Gasteiger partial charge in [-0.25, -0.2) is 13.6 Å². The van der Waals surface area contributed by atoms with E-state index in [-0.39, 0.29) is 42.7 Å². The zero-order chi connectivity index (χ0) is 23.0. The number of piperidine rings is 1. The summed E-state index contributed by atoms with van der Waals surface area (Å²) in [5, 5.41) is 10.3. The lowest BCUT2D eigenvalue weighted by Gasteiger charge is -2.39. The molecule has 2 fully saturated rings. The van der Waals surface area contributed by atoms with Crippen LogP contribution in [0.2, 0.25) is 10.0 Å². The normalized spacial score (nSPS) is 19.5.